The molecule has 0 spiro atoms. The van der Waals surface area contributed by atoms with Crippen LogP contribution < -0.4 is 5.32 Å². The van der Waals surface area contributed by atoms with Crippen LogP contribution in [0.25, 0.3) is 11.0 Å². The van der Waals surface area contributed by atoms with Crippen LogP contribution in [0.1, 0.15) is 18.9 Å². The lowest BCUT2D eigenvalue weighted by Gasteiger charge is -2.32. The molecule has 2 aromatic carbocycles. The summed E-state index contributed by atoms with van der Waals surface area (Å²) >= 11 is 0. The van der Waals surface area contributed by atoms with Crippen molar-refractivity contribution in [2.75, 3.05) is 18.4 Å². The number of carbonyl (C=O) groups is 1. The number of halogens is 1. The van der Waals surface area contributed by atoms with Gasteiger partial charge in [-0.25, -0.2) is 13.9 Å². The number of carbonyl (C=O) groups excluding carboxylic acids is 1. The Morgan fingerprint density at radius 1 is 1.08 bits per heavy atom. The first-order chi connectivity index (χ1) is 12.2. The number of anilines is 1. The van der Waals surface area contributed by atoms with Crippen LogP contribution in [0, 0.1) is 5.82 Å². The maximum absolute atomic E-state index is 13.7. The Kier molecular flexibility index (Phi) is 4.05. The second-order valence-corrected chi connectivity index (χ2v) is 6.15. The van der Waals surface area contributed by atoms with E-state index >= 15 is 0 Å². The average Bonchev–Trinajstić information content (AvgIpc) is 3.08. The highest BCUT2D eigenvalue weighted by Crippen LogP contribution is 2.25. The lowest BCUT2D eigenvalue weighted by molar-refractivity contribution is 0.181. The van der Waals surface area contributed by atoms with Gasteiger partial charge in [0.05, 0.1) is 17.2 Å². The van der Waals surface area contributed by atoms with Crippen LogP contribution >= 0.6 is 0 Å². The summed E-state index contributed by atoms with van der Waals surface area (Å²) in [5.41, 5.74) is 2.09. The zero-order valence-electron chi connectivity index (χ0n) is 13.6. The Morgan fingerprint density at radius 3 is 2.60 bits per heavy atom. The van der Waals surface area contributed by atoms with E-state index in [0.717, 1.165) is 23.9 Å². The summed E-state index contributed by atoms with van der Waals surface area (Å²) in [6, 6.07) is 14.0. The van der Waals surface area contributed by atoms with Gasteiger partial charge >= 0.3 is 6.03 Å². The fourth-order valence-electron chi connectivity index (χ4n) is 3.23. The number of nitrogens with one attached hydrogen (secondary N) is 1. The van der Waals surface area contributed by atoms with Crippen molar-refractivity contribution in [1.82, 2.24) is 19.9 Å². The summed E-state index contributed by atoms with van der Waals surface area (Å²) < 4.78 is 15.6. The third-order valence-electron chi connectivity index (χ3n) is 4.59. The number of piperidine rings is 1. The molecule has 128 valence electrons. The van der Waals surface area contributed by atoms with Gasteiger partial charge in [0, 0.05) is 13.1 Å². The van der Waals surface area contributed by atoms with Gasteiger partial charge in [-0.2, -0.15) is 0 Å². The maximum Gasteiger partial charge on any atom is 0.321 e. The Bertz CT molecular complexity index is 901. The summed E-state index contributed by atoms with van der Waals surface area (Å²) in [7, 11) is 0. The Hall–Kier alpha value is -2.96. The van der Waals surface area contributed by atoms with Gasteiger partial charge in [0.15, 0.2) is 0 Å². The number of likely N-dealkylation sites (tertiary alicyclic amines) is 1. The van der Waals surface area contributed by atoms with Crippen molar-refractivity contribution in [3.05, 3.63) is 54.3 Å². The van der Waals surface area contributed by atoms with Gasteiger partial charge in [0.25, 0.3) is 0 Å². The summed E-state index contributed by atoms with van der Waals surface area (Å²) in [6.07, 6.45) is 1.58. The molecule has 0 aliphatic carbocycles. The molecule has 1 N–H and O–H groups in total. The van der Waals surface area contributed by atoms with Crippen LogP contribution in [-0.4, -0.2) is 39.0 Å². The molecule has 25 heavy (non-hydrogen) atoms. The van der Waals surface area contributed by atoms with Gasteiger partial charge < -0.3 is 10.2 Å². The summed E-state index contributed by atoms with van der Waals surface area (Å²) in [6.45, 7) is 1.19. The molecular formula is C18H18FN5O. The zero-order valence-corrected chi connectivity index (χ0v) is 13.6. The smallest absolute Gasteiger partial charge is 0.321 e. The third-order valence-corrected chi connectivity index (χ3v) is 4.59. The van der Waals surface area contributed by atoms with E-state index in [4.69, 9.17) is 0 Å². The standard InChI is InChI=1S/C18H18FN5O/c19-14-5-1-2-6-15(14)20-18(25)23-11-9-13(10-12-23)24-17-8-4-3-7-16(17)21-22-24/h1-8,13H,9-12H2,(H,20,25). The van der Waals surface area contributed by atoms with E-state index in [1.807, 2.05) is 28.9 Å². The summed E-state index contributed by atoms with van der Waals surface area (Å²) in [5, 5.41) is 11.1. The molecule has 1 saturated heterocycles. The number of hydrogen-bond acceptors (Lipinski definition) is 3. The Balaban J connectivity index is 1.41. The number of amides is 2. The van der Waals surface area contributed by atoms with Gasteiger partial charge in [-0.3, -0.25) is 0 Å². The van der Waals surface area contributed by atoms with Gasteiger partial charge in [0.1, 0.15) is 11.3 Å². The number of nitrogens with zero attached hydrogens (tertiary/aromatic N) is 4. The third kappa shape index (κ3) is 3.05. The van der Waals surface area contributed by atoms with Crippen molar-refractivity contribution in [3.8, 4) is 0 Å². The topological polar surface area (TPSA) is 63.1 Å². The van der Waals surface area contributed by atoms with E-state index < -0.39 is 5.82 Å². The molecule has 2 heterocycles. The molecule has 0 saturated carbocycles. The fraction of sp³-hybridized carbons (Fsp3) is 0.278. The minimum Gasteiger partial charge on any atom is -0.324 e. The first-order valence-corrected chi connectivity index (χ1v) is 8.33. The number of fused-ring (bicyclic) bond motifs is 1. The number of hydrogen-bond donors (Lipinski definition) is 1. The quantitative estimate of drug-likeness (QED) is 0.778. The highest BCUT2D eigenvalue weighted by molar-refractivity contribution is 5.89. The second kappa shape index (κ2) is 6.51. The summed E-state index contributed by atoms with van der Waals surface area (Å²) in [5.74, 6) is -0.431. The zero-order chi connectivity index (χ0) is 17.2. The van der Waals surface area contributed by atoms with Gasteiger partial charge in [-0.1, -0.05) is 29.5 Å². The van der Waals surface area contributed by atoms with Crippen molar-refractivity contribution in [2.24, 2.45) is 0 Å². The van der Waals surface area contributed by atoms with Crippen LogP contribution in [0.2, 0.25) is 0 Å². The van der Waals surface area contributed by atoms with Crippen molar-refractivity contribution >= 4 is 22.8 Å². The van der Waals surface area contributed by atoms with E-state index in [1.165, 1.54) is 6.07 Å². The fourth-order valence-corrected chi connectivity index (χ4v) is 3.23. The van der Waals surface area contributed by atoms with Crippen LogP contribution in [0.4, 0.5) is 14.9 Å². The predicted molar refractivity (Wildman–Crippen MR) is 92.8 cm³/mol. The SMILES string of the molecule is O=C(Nc1ccccc1F)N1CCC(n2nnc3ccccc32)CC1. The van der Waals surface area contributed by atoms with Crippen LogP contribution in [0.5, 0.6) is 0 Å². The van der Waals surface area contributed by atoms with Gasteiger partial charge in [0.2, 0.25) is 0 Å². The predicted octanol–water partition coefficient (Wildman–Crippen LogP) is 3.44. The van der Waals surface area contributed by atoms with E-state index in [0.29, 0.717) is 13.1 Å². The van der Waals surface area contributed by atoms with Crippen LogP contribution in [0.15, 0.2) is 48.5 Å². The highest BCUT2D eigenvalue weighted by atomic mass is 19.1. The molecule has 6 nitrogen and oxygen atoms in total. The number of aromatic nitrogens is 3. The molecule has 0 bridgehead atoms. The van der Waals surface area contributed by atoms with Crippen molar-refractivity contribution < 1.29 is 9.18 Å². The molecule has 2 amide bonds. The largest absolute Gasteiger partial charge is 0.324 e. The lowest BCUT2D eigenvalue weighted by atomic mass is 10.1. The second-order valence-electron chi connectivity index (χ2n) is 6.15. The van der Waals surface area contributed by atoms with Gasteiger partial charge in [-0.05, 0) is 37.1 Å². The number of para-hydroxylation sites is 2. The maximum atomic E-state index is 13.7. The van der Waals surface area contributed by atoms with Crippen molar-refractivity contribution in [2.45, 2.75) is 18.9 Å². The molecule has 1 fully saturated rings. The van der Waals surface area contributed by atoms with E-state index in [9.17, 15) is 9.18 Å². The molecule has 4 rings (SSSR count). The highest BCUT2D eigenvalue weighted by Gasteiger charge is 2.25. The van der Waals surface area contributed by atoms with E-state index in [2.05, 4.69) is 15.6 Å². The molecule has 7 heteroatoms. The number of urea groups is 1. The van der Waals surface area contributed by atoms with Crippen molar-refractivity contribution in [3.63, 3.8) is 0 Å². The monoisotopic (exact) mass is 339 g/mol. The molecule has 0 atom stereocenters. The molecule has 1 aromatic heterocycles. The minimum absolute atomic E-state index is 0.205. The summed E-state index contributed by atoms with van der Waals surface area (Å²) in [4.78, 5) is 14.0. The van der Waals surface area contributed by atoms with Crippen LogP contribution in [0.3, 0.4) is 0 Å². The van der Waals surface area contributed by atoms with Gasteiger partial charge in [-0.15, -0.1) is 5.10 Å². The lowest BCUT2D eigenvalue weighted by Crippen LogP contribution is -2.41. The van der Waals surface area contributed by atoms with E-state index in [-0.39, 0.29) is 17.8 Å². The first-order valence-electron chi connectivity index (χ1n) is 8.33. The normalized spacial score (nSPS) is 15.5. The Morgan fingerprint density at radius 2 is 1.80 bits per heavy atom. The number of rotatable bonds is 2. The van der Waals surface area contributed by atoms with Crippen LogP contribution in [-0.2, 0) is 0 Å². The average molecular weight is 339 g/mol. The molecule has 0 unspecified atom stereocenters. The molecule has 3 aromatic rings. The molecule has 1 aliphatic rings. The molecule has 1 aliphatic heterocycles. The first kappa shape index (κ1) is 15.6. The van der Waals surface area contributed by atoms with E-state index in [1.54, 1.807) is 23.1 Å². The number of benzene rings is 2. The molecular weight excluding hydrogens is 321 g/mol. The minimum atomic E-state index is -0.431. The molecule has 0 radical (unpaired) electrons. The van der Waals surface area contributed by atoms with Crippen molar-refractivity contribution in [1.29, 1.82) is 0 Å². The Labute approximate surface area is 144 Å².